The summed E-state index contributed by atoms with van der Waals surface area (Å²) in [5.74, 6) is 2.76. The lowest BCUT2D eigenvalue weighted by Crippen LogP contribution is -2.22. The minimum atomic E-state index is 0.311. The number of hydrogen-bond donors (Lipinski definition) is 2. The Bertz CT molecular complexity index is 279. The Kier molecular flexibility index (Phi) is 8.14. The lowest BCUT2D eigenvalue weighted by Gasteiger charge is -2.12. The number of hydrogen-bond acceptors (Lipinski definition) is 3. The Labute approximate surface area is 109 Å². The van der Waals surface area contributed by atoms with E-state index in [1.807, 2.05) is 11.8 Å². The molecule has 96 valence electrons. The average molecular weight is 253 g/mol. The fourth-order valence-electron chi connectivity index (χ4n) is 1.63. The first kappa shape index (κ1) is 14.6. The Hall–Kier alpha value is -0.510. The summed E-state index contributed by atoms with van der Waals surface area (Å²) < 4.78 is 0. The van der Waals surface area contributed by atoms with Crippen molar-refractivity contribution in [2.24, 2.45) is 0 Å². The van der Waals surface area contributed by atoms with Crippen LogP contribution in [0.25, 0.3) is 0 Å². The maximum absolute atomic E-state index is 8.64. The summed E-state index contributed by atoms with van der Waals surface area (Å²) in [6.45, 7) is 4.64. The molecule has 1 atom stereocenters. The van der Waals surface area contributed by atoms with Crippen molar-refractivity contribution in [1.29, 1.82) is 0 Å². The first-order valence-electron chi connectivity index (χ1n) is 6.29. The van der Waals surface area contributed by atoms with Crippen molar-refractivity contribution in [3.05, 3.63) is 35.9 Å². The second-order valence-corrected chi connectivity index (χ2v) is 5.43. The molecule has 0 spiro atoms. The Balaban J connectivity index is 2.03. The maximum Gasteiger partial charge on any atom is 0.0438 e. The predicted molar refractivity (Wildman–Crippen MR) is 76.8 cm³/mol. The normalized spacial score (nSPS) is 12.6. The number of thioether (sulfide) groups is 1. The molecule has 0 saturated carbocycles. The second kappa shape index (κ2) is 9.51. The van der Waals surface area contributed by atoms with Crippen LogP contribution in [0.15, 0.2) is 30.3 Å². The van der Waals surface area contributed by atoms with Gasteiger partial charge in [-0.15, -0.1) is 0 Å². The molecule has 0 radical (unpaired) electrons. The molecule has 0 fully saturated rings. The van der Waals surface area contributed by atoms with Crippen LogP contribution in [-0.2, 0) is 0 Å². The smallest absolute Gasteiger partial charge is 0.0438 e. The van der Waals surface area contributed by atoms with Crippen molar-refractivity contribution in [2.45, 2.75) is 19.3 Å². The highest BCUT2D eigenvalue weighted by atomic mass is 32.2. The van der Waals surface area contributed by atoms with E-state index in [-0.39, 0.29) is 0 Å². The van der Waals surface area contributed by atoms with Gasteiger partial charge >= 0.3 is 0 Å². The molecule has 0 amide bonds. The van der Waals surface area contributed by atoms with E-state index in [0.29, 0.717) is 12.5 Å². The van der Waals surface area contributed by atoms with Crippen LogP contribution in [0, 0.1) is 0 Å². The second-order valence-electron chi connectivity index (χ2n) is 4.21. The van der Waals surface area contributed by atoms with E-state index in [9.17, 15) is 0 Å². The first-order valence-corrected chi connectivity index (χ1v) is 7.44. The lowest BCUT2D eigenvalue weighted by atomic mass is 10.0. The summed E-state index contributed by atoms with van der Waals surface area (Å²) in [4.78, 5) is 0. The van der Waals surface area contributed by atoms with E-state index in [0.717, 1.165) is 31.0 Å². The topological polar surface area (TPSA) is 32.3 Å². The van der Waals surface area contributed by atoms with Gasteiger partial charge in [0.2, 0.25) is 0 Å². The van der Waals surface area contributed by atoms with Crippen molar-refractivity contribution in [1.82, 2.24) is 5.32 Å². The van der Waals surface area contributed by atoms with E-state index in [4.69, 9.17) is 5.11 Å². The standard InChI is InChI=1S/C14H23NOS/c1-13(14-6-3-2-4-7-14)12-15-8-11-17-10-5-9-16/h2-4,6-7,13,15-16H,5,8-12H2,1H3. The van der Waals surface area contributed by atoms with Crippen molar-refractivity contribution >= 4 is 11.8 Å². The maximum atomic E-state index is 8.64. The van der Waals surface area contributed by atoms with Gasteiger partial charge in [-0.3, -0.25) is 0 Å². The van der Waals surface area contributed by atoms with E-state index in [1.54, 1.807) is 0 Å². The van der Waals surface area contributed by atoms with Crippen LogP contribution < -0.4 is 5.32 Å². The monoisotopic (exact) mass is 253 g/mol. The number of benzene rings is 1. The third-order valence-electron chi connectivity index (χ3n) is 2.69. The van der Waals surface area contributed by atoms with Crippen molar-refractivity contribution in [2.75, 3.05) is 31.2 Å². The van der Waals surface area contributed by atoms with Gasteiger partial charge in [0, 0.05) is 25.4 Å². The van der Waals surface area contributed by atoms with Crippen molar-refractivity contribution < 1.29 is 5.11 Å². The molecule has 0 aliphatic rings. The Morgan fingerprint density at radius 2 is 2.00 bits per heavy atom. The average Bonchev–Trinajstić information content (AvgIpc) is 2.38. The van der Waals surface area contributed by atoms with Gasteiger partial charge in [0.15, 0.2) is 0 Å². The largest absolute Gasteiger partial charge is 0.396 e. The highest BCUT2D eigenvalue weighted by Crippen LogP contribution is 2.12. The molecular formula is C14H23NOS. The highest BCUT2D eigenvalue weighted by molar-refractivity contribution is 7.99. The van der Waals surface area contributed by atoms with Crippen LogP contribution in [0.2, 0.25) is 0 Å². The van der Waals surface area contributed by atoms with Crippen molar-refractivity contribution in [3.8, 4) is 0 Å². The lowest BCUT2D eigenvalue weighted by molar-refractivity contribution is 0.296. The molecule has 1 unspecified atom stereocenters. The minimum absolute atomic E-state index is 0.311. The van der Waals surface area contributed by atoms with Gasteiger partial charge in [-0.05, 0) is 23.7 Å². The molecule has 1 aromatic carbocycles. The van der Waals surface area contributed by atoms with Gasteiger partial charge in [0.25, 0.3) is 0 Å². The summed E-state index contributed by atoms with van der Waals surface area (Å²) in [6.07, 6.45) is 0.908. The minimum Gasteiger partial charge on any atom is -0.396 e. The van der Waals surface area contributed by atoms with E-state index in [1.165, 1.54) is 5.56 Å². The summed E-state index contributed by atoms with van der Waals surface area (Å²) in [7, 11) is 0. The fourth-order valence-corrected chi connectivity index (χ4v) is 2.46. The molecule has 0 bridgehead atoms. The number of aliphatic hydroxyl groups excluding tert-OH is 1. The predicted octanol–water partition coefficient (Wildman–Crippen LogP) is 2.50. The van der Waals surface area contributed by atoms with E-state index in [2.05, 4.69) is 42.6 Å². The van der Waals surface area contributed by atoms with Gasteiger partial charge in [0.05, 0.1) is 0 Å². The number of nitrogens with one attached hydrogen (secondary N) is 1. The number of aliphatic hydroxyl groups is 1. The van der Waals surface area contributed by atoms with Crippen LogP contribution in [0.5, 0.6) is 0 Å². The van der Waals surface area contributed by atoms with Crippen LogP contribution in [0.1, 0.15) is 24.8 Å². The third kappa shape index (κ3) is 6.71. The fraction of sp³-hybridized carbons (Fsp3) is 0.571. The first-order chi connectivity index (χ1) is 8.34. The summed E-state index contributed by atoms with van der Waals surface area (Å²) in [6, 6.07) is 10.6. The zero-order valence-electron chi connectivity index (χ0n) is 10.6. The van der Waals surface area contributed by atoms with Gasteiger partial charge in [-0.1, -0.05) is 37.3 Å². The van der Waals surface area contributed by atoms with Gasteiger partial charge in [0.1, 0.15) is 0 Å². The molecular weight excluding hydrogens is 230 g/mol. The highest BCUT2D eigenvalue weighted by Gasteiger charge is 2.03. The Morgan fingerprint density at radius 3 is 2.71 bits per heavy atom. The molecule has 1 aromatic rings. The molecule has 1 rings (SSSR count). The SMILES string of the molecule is CC(CNCCSCCCO)c1ccccc1. The summed E-state index contributed by atoms with van der Waals surface area (Å²) >= 11 is 1.90. The molecule has 0 aliphatic heterocycles. The molecule has 2 nitrogen and oxygen atoms in total. The zero-order chi connectivity index (χ0) is 12.3. The molecule has 3 heteroatoms. The Morgan fingerprint density at radius 1 is 1.24 bits per heavy atom. The quantitative estimate of drug-likeness (QED) is 0.663. The van der Waals surface area contributed by atoms with Gasteiger partial charge < -0.3 is 10.4 Å². The van der Waals surface area contributed by atoms with Crippen LogP contribution >= 0.6 is 11.8 Å². The molecule has 0 heterocycles. The van der Waals surface area contributed by atoms with E-state index >= 15 is 0 Å². The zero-order valence-corrected chi connectivity index (χ0v) is 11.4. The van der Waals surface area contributed by atoms with Crippen LogP contribution in [0.4, 0.5) is 0 Å². The molecule has 0 aliphatic carbocycles. The summed E-state index contributed by atoms with van der Waals surface area (Å²) in [5, 5.41) is 12.1. The third-order valence-corrected chi connectivity index (χ3v) is 3.76. The van der Waals surface area contributed by atoms with Gasteiger partial charge in [-0.25, -0.2) is 0 Å². The number of rotatable bonds is 9. The van der Waals surface area contributed by atoms with Crippen LogP contribution in [-0.4, -0.2) is 36.3 Å². The van der Waals surface area contributed by atoms with E-state index < -0.39 is 0 Å². The summed E-state index contributed by atoms with van der Waals surface area (Å²) in [5.41, 5.74) is 1.40. The molecule has 0 aromatic heterocycles. The molecule has 17 heavy (non-hydrogen) atoms. The van der Waals surface area contributed by atoms with Crippen LogP contribution in [0.3, 0.4) is 0 Å². The molecule has 2 N–H and O–H groups in total. The van der Waals surface area contributed by atoms with Gasteiger partial charge in [-0.2, -0.15) is 11.8 Å². The van der Waals surface area contributed by atoms with Crippen molar-refractivity contribution in [3.63, 3.8) is 0 Å². The molecule has 0 saturated heterocycles.